The van der Waals surface area contributed by atoms with Gasteiger partial charge in [-0.2, -0.15) is 4.31 Å². The van der Waals surface area contributed by atoms with E-state index in [2.05, 4.69) is 0 Å². The molecule has 2 aliphatic rings. The highest BCUT2D eigenvalue weighted by molar-refractivity contribution is 7.89. The fraction of sp³-hybridized carbons (Fsp3) is 0.333. The Hall–Kier alpha value is -2.32. The van der Waals surface area contributed by atoms with Crippen LogP contribution < -0.4 is 14.2 Å². The Bertz CT molecular complexity index is 892. The first kappa shape index (κ1) is 17.1. The van der Waals surface area contributed by atoms with Gasteiger partial charge in [0.25, 0.3) is 0 Å². The number of hydrogen-bond acceptors (Lipinski definition) is 5. The number of hydrogen-bond donors (Lipinski definition) is 0. The fourth-order valence-corrected chi connectivity index (χ4v) is 4.57. The molecule has 0 bridgehead atoms. The van der Waals surface area contributed by atoms with Crippen molar-refractivity contribution in [2.75, 3.05) is 19.9 Å². The van der Waals surface area contributed by atoms with Crippen LogP contribution in [0.2, 0.25) is 0 Å². The molecular weight excluding hydrogens is 361 g/mol. The van der Waals surface area contributed by atoms with Gasteiger partial charge in [-0.1, -0.05) is 0 Å². The van der Waals surface area contributed by atoms with Gasteiger partial charge in [0.05, 0.1) is 4.90 Å². The molecular formula is C18H18FNO5S. The van der Waals surface area contributed by atoms with E-state index in [0.717, 1.165) is 0 Å². The van der Waals surface area contributed by atoms with Crippen molar-refractivity contribution in [1.29, 1.82) is 0 Å². The van der Waals surface area contributed by atoms with Crippen molar-refractivity contribution in [3.63, 3.8) is 0 Å². The lowest BCUT2D eigenvalue weighted by molar-refractivity contribution is 0.135. The third-order valence-electron chi connectivity index (χ3n) is 4.50. The highest BCUT2D eigenvalue weighted by Gasteiger charge is 2.31. The minimum Gasteiger partial charge on any atom is -0.490 e. The van der Waals surface area contributed by atoms with E-state index in [-0.39, 0.29) is 23.6 Å². The van der Waals surface area contributed by atoms with Crippen LogP contribution in [-0.4, -0.2) is 38.7 Å². The monoisotopic (exact) mass is 379 g/mol. The Morgan fingerprint density at radius 2 is 1.69 bits per heavy atom. The van der Waals surface area contributed by atoms with Crippen LogP contribution >= 0.6 is 0 Å². The van der Waals surface area contributed by atoms with E-state index in [9.17, 15) is 12.8 Å². The normalized spacial score (nSPS) is 18.0. The molecule has 2 aromatic carbocycles. The Morgan fingerprint density at radius 1 is 1.00 bits per heavy atom. The molecule has 0 radical (unpaired) electrons. The van der Waals surface area contributed by atoms with Crippen LogP contribution in [0.5, 0.6) is 17.2 Å². The van der Waals surface area contributed by atoms with Gasteiger partial charge in [-0.15, -0.1) is 0 Å². The Morgan fingerprint density at radius 3 is 2.42 bits per heavy atom. The highest BCUT2D eigenvalue weighted by Crippen LogP contribution is 2.35. The summed E-state index contributed by atoms with van der Waals surface area (Å²) in [4.78, 5) is 0.194. The van der Waals surface area contributed by atoms with Crippen LogP contribution in [0.3, 0.4) is 0 Å². The van der Waals surface area contributed by atoms with E-state index < -0.39 is 10.0 Å². The van der Waals surface area contributed by atoms with Gasteiger partial charge in [0.1, 0.15) is 17.7 Å². The number of fused-ring (bicyclic) bond motifs is 1. The smallest absolute Gasteiger partial charge is 0.243 e. The molecule has 0 unspecified atom stereocenters. The van der Waals surface area contributed by atoms with E-state index in [0.29, 0.717) is 43.2 Å². The van der Waals surface area contributed by atoms with E-state index in [4.69, 9.17) is 14.2 Å². The minimum atomic E-state index is -3.59. The fourth-order valence-electron chi connectivity index (χ4n) is 3.08. The van der Waals surface area contributed by atoms with Crippen molar-refractivity contribution in [1.82, 2.24) is 4.31 Å². The summed E-state index contributed by atoms with van der Waals surface area (Å²) in [5, 5.41) is 0. The zero-order chi connectivity index (χ0) is 18.1. The summed E-state index contributed by atoms with van der Waals surface area (Å²) < 4.78 is 56.4. The third kappa shape index (κ3) is 3.34. The summed E-state index contributed by atoms with van der Waals surface area (Å²) in [6.45, 7) is 0.830. The predicted octanol–water partition coefficient (Wildman–Crippen LogP) is 2.79. The lowest BCUT2D eigenvalue weighted by Gasteiger charge is -2.31. The second-order valence-electron chi connectivity index (χ2n) is 6.19. The average molecular weight is 379 g/mol. The molecule has 2 aromatic rings. The first-order valence-electron chi connectivity index (χ1n) is 8.34. The molecule has 1 saturated heterocycles. The molecule has 2 aliphatic heterocycles. The highest BCUT2D eigenvalue weighted by atomic mass is 32.2. The second kappa shape index (κ2) is 6.77. The molecule has 0 spiro atoms. The van der Waals surface area contributed by atoms with Crippen molar-refractivity contribution in [3.8, 4) is 17.2 Å². The summed E-state index contributed by atoms with van der Waals surface area (Å²) in [5.41, 5.74) is 0. The number of nitrogens with zero attached hydrogens (tertiary/aromatic N) is 1. The van der Waals surface area contributed by atoms with Crippen molar-refractivity contribution in [2.24, 2.45) is 0 Å². The summed E-state index contributed by atoms with van der Waals surface area (Å²) in [6.07, 6.45) is 1.05. The van der Waals surface area contributed by atoms with Gasteiger partial charge in [0.2, 0.25) is 16.8 Å². The maximum Gasteiger partial charge on any atom is 0.243 e. The number of benzene rings is 2. The molecule has 26 heavy (non-hydrogen) atoms. The topological polar surface area (TPSA) is 65.1 Å². The molecule has 4 rings (SSSR count). The summed E-state index contributed by atoms with van der Waals surface area (Å²) >= 11 is 0. The second-order valence-corrected chi connectivity index (χ2v) is 8.13. The van der Waals surface area contributed by atoms with Gasteiger partial charge >= 0.3 is 0 Å². The molecule has 2 heterocycles. The molecule has 6 nitrogen and oxygen atoms in total. The van der Waals surface area contributed by atoms with Crippen molar-refractivity contribution >= 4 is 10.0 Å². The van der Waals surface area contributed by atoms with Crippen molar-refractivity contribution in [2.45, 2.75) is 23.8 Å². The number of sulfonamides is 1. The maximum atomic E-state index is 12.9. The van der Waals surface area contributed by atoms with E-state index in [1.807, 2.05) is 0 Å². The maximum absolute atomic E-state index is 12.9. The van der Waals surface area contributed by atoms with Crippen LogP contribution in [-0.2, 0) is 10.0 Å². The SMILES string of the molecule is O=S(=O)(c1ccc2c(c1)OCO2)N1CCC(Oc2ccc(F)cc2)CC1. The van der Waals surface area contributed by atoms with Crippen LogP contribution in [0, 0.1) is 5.82 Å². The predicted molar refractivity (Wildman–Crippen MR) is 91.4 cm³/mol. The molecule has 138 valence electrons. The Labute approximate surface area is 151 Å². The van der Waals surface area contributed by atoms with E-state index in [1.54, 1.807) is 18.2 Å². The van der Waals surface area contributed by atoms with Crippen LogP contribution in [0.25, 0.3) is 0 Å². The average Bonchev–Trinajstić information content (AvgIpc) is 3.12. The first-order valence-corrected chi connectivity index (χ1v) is 9.78. The van der Waals surface area contributed by atoms with Gasteiger partial charge in [-0.25, -0.2) is 12.8 Å². The van der Waals surface area contributed by atoms with Crippen LogP contribution in [0.1, 0.15) is 12.8 Å². The Balaban J connectivity index is 1.41. The van der Waals surface area contributed by atoms with Crippen LogP contribution in [0.15, 0.2) is 47.4 Å². The van der Waals surface area contributed by atoms with Gasteiger partial charge in [-0.3, -0.25) is 0 Å². The molecule has 0 atom stereocenters. The minimum absolute atomic E-state index is 0.0938. The Kier molecular flexibility index (Phi) is 4.46. The van der Waals surface area contributed by atoms with E-state index >= 15 is 0 Å². The first-order chi connectivity index (χ1) is 12.5. The standard InChI is InChI=1S/C18H18FNO5S/c19-13-1-3-14(4-2-13)25-15-7-9-20(10-8-15)26(21,22)16-5-6-17-18(11-16)24-12-23-17/h1-6,11,15H,7-10,12H2. The lowest BCUT2D eigenvalue weighted by atomic mass is 10.1. The molecule has 0 amide bonds. The number of rotatable bonds is 4. The van der Waals surface area contributed by atoms with Gasteiger partial charge < -0.3 is 14.2 Å². The molecule has 0 N–H and O–H groups in total. The number of piperidine rings is 1. The van der Waals surface area contributed by atoms with Gasteiger partial charge in [-0.05, 0) is 49.2 Å². The van der Waals surface area contributed by atoms with Crippen LogP contribution in [0.4, 0.5) is 4.39 Å². The third-order valence-corrected chi connectivity index (χ3v) is 6.39. The summed E-state index contributed by atoms with van der Waals surface area (Å²) in [5.74, 6) is 1.27. The van der Waals surface area contributed by atoms with Crippen molar-refractivity contribution < 1.29 is 27.0 Å². The molecule has 8 heteroatoms. The number of halogens is 1. The van der Waals surface area contributed by atoms with Crippen molar-refractivity contribution in [3.05, 3.63) is 48.3 Å². The molecule has 0 saturated carbocycles. The lowest BCUT2D eigenvalue weighted by Crippen LogP contribution is -2.41. The molecule has 0 aromatic heterocycles. The zero-order valence-corrected chi connectivity index (χ0v) is 14.7. The van der Waals surface area contributed by atoms with Gasteiger partial charge in [0, 0.05) is 19.2 Å². The largest absolute Gasteiger partial charge is 0.490 e. The quantitative estimate of drug-likeness (QED) is 0.817. The summed E-state index contributed by atoms with van der Waals surface area (Å²) in [6, 6.07) is 10.5. The number of ether oxygens (including phenoxy) is 3. The zero-order valence-electron chi connectivity index (χ0n) is 13.9. The van der Waals surface area contributed by atoms with Gasteiger partial charge in [0.15, 0.2) is 11.5 Å². The van der Waals surface area contributed by atoms with E-state index in [1.165, 1.54) is 28.6 Å². The summed E-state index contributed by atoms with van der Waals surface area (Å²) in [7, 11) is -3.59. The molecule has 1 fully saturated rings. The molecule has 0 aliphatic carbocycles.